The van der Waals surface area contributed by atoms with Crippen LogP contribution in [-0.2, 0) is 16.4 Å². The molecule has 0 radical (unpaired) electrons. The van der Waals surface area contributed by atoms with E-state index in [2.05, 4.69) is 28.2 Å². The third kappa shape index (κ3) is 2.10. The zero-order valence-electron chi connectivity index (χ0n) is 13.4. The van der Waals surface area contributed by atoms with Crippen LogP contribution in [0.25, 0.3) is 22.2 Å². The molecule has 0 bridgehead atoms. The van der Waals surface area contributed by atoms with Gasteiger partial charge < -0.3 is 5.32 Å². The minimum Gasteiger partial charge on any atom is -0.317 e. The summed E-state index contributed by atoms with van der Waals surface area (Å²) in [6.07, 6.45) is 0.760. The summed E-state index contributed by atoms with van der Waals surface area (Å²) in [7, 11) is -1.62. The molecule has 24 heavy (non-hydrogen) atoms. The lowest BCUT2D eigenvalue weighted by Gasteiger charge is -2.11. The Hall–Kier alpha value is -1.63. The lowest BCUT2D eigenvalue weighted by atomic mass is 9.99. The van der Waals surface area contributed by atoms with E-state index >= 15 is 0 Å². The first kappa shape index (κ1) is 15.9. The van der Waals surface area contributed by atoms with Crippen molar-refractivity contribution in [3.63, 3.8) is 0 Å². The molecule has 0 spiro atoms. The maximum atomic E-state index is 13.1. The van der Waals surface area contributed by atoms with Gasteiger partial charge in [-0.25, -0.2) is 12.4 Å². The van der Waals surface area contributed by atoms with Crippen molar-refractivity contribution < 1.29 is 8.42 Å². The van der Waals surface area contributed by atoms with Gasteiger partial charge in [-0.3, -0.25) is 0 Å². The molecule has 0 saturated heterocycles. The second-order valence-corrected chi connectivity index (χ2v) is 8.82. The lowest BCUT2D eigenvalue weighted by molar-refractivity contribution is 0.592. The van der Waals surface area contributed by atoms with E-state index in [4.69, 9.17) is 0 Å². The summed E-state index contributed by atoms with van der Waals surface area (Å²) in [6, 6.07) is 13.3. The monoisotopic (exact) mass is 404 g/mol. The molecule has 1 N–H and O–H groups in total. The van der Waals surface area contributed by atoms with Crippen LogP contribution in [0.15, 0.2) is 51.8 Å². The van der Waals surface area contributed by atoms with E-state index < -0.39 is 10.0 Å². The largest absolute Gasteiger partial charge is 0.317 e. The van der Waals surface area contributed by atoms with Crippen LogP contribution in [0.3, 0.4) is 0 Å². The number of rotatable bonds is 3. The van der Waals surface area contributed by atoms with Crippen molar-refractivity contribution in [1.29, 1.82) is 0 Å². The molecule has 1 aromatic heterocycles. The molecule has 3 aromatic rings. The van der Waals surface area contributed by atoms with Crippen LogP contribution in [0.1, 0.15) is 12.5 Å². The number of benzene rings is 2. The van der Waals surface area contributed by atoms with Crippen LogP contribution in [0.5, 0.6) is 0 Å². The number of likely N-dealkylation sites (N-methyl/N-ethyl adjacent to an activating group) is 1. The number of nitrogens with one attached hydrogen (secondary N) is 1. The summed E-state index contributed by atoms with van der Waals surface area (Å²) < 4.78 is 28.6. The minimum absolute atomic E-state index is 0.245. The Labute approximate surface area is 149 Å². The highest BCUT2D eigenvalue weighted by atomic mass is 79.9. The molecule has 6 heteroatoms. The lowest BCUT2D eigenvalue weighted by Crippen LogP contribution is -2.23. The Morgan fingerprint density at radius 2 is 1.96 bits per heavy atom. The fourth-order valence-electron chi connectivity index (χ4n) is 3.42. The van der Waals surface area contributed by atoms with Crippen molar-refractivity contribution in [3.8, 4) is 11.3 Å². The molecule has 0 amide bonds. The summed E-state index contributed by atoms with van der Waals surface area (Å²) >= 11 is 3.51. The van der Waals surface area contributed by atoms with Crippen LogP contribution in [0, 0.1) is 0 Å². The second kappa shape index (κ2) is 5.44. The van der Waals surface area contributed by atoms with Crippen LogP contribution in [-0.4, -0.2) is 25.5 Å². The van der Waals surface area contributed by atoms with E-state index in [1.165, 1.54) is 3.97 Å². The third-order valence-electron chi connectivity index (χ3n) is 4.66. The molecule has 1 atom stereocenters. The molecular weight excluding hydrogens is 388 g/mol. The topological polar surface area (TPSA) is 51.1 Å². The molecule has 1 aliphatic rings. The van der Waals surface area contributed by atoms with E-state index in [9.17, 15) is 8.42 Å². The first-order valence-electron chi connectivity index (χ1n) is 7.80. The number of halogens is 1. The molecule has 0 aliphatic carbocycles. The van der Waals surface area contributed by atoms with Gasteiger partial charge in [0.15, 0.2) is 0 Å². The van der Waals surface area contributed by atoms with Crippen molar-refractivity contribution in [1.82, 2.24) is 9.29 Å². The minimum atomic E-state index is -3.55. The van der Waals surface area contributed by atoms with E-state index in [1.54, 1.807) is 12.1 Å². The quantitative estimate of drug-likeness (QED) is 0.565. The van der Waals surface area contributed by atoms with E-state index in [-0.39, 0.29) is 6.04 Å². The normalized spacial score (nSPS) is 16.1. The predicted octanol–water partition coefficient (Wildman–Crippen LogP) is 3.77. The maximum absolute atomic E-state index is 13.1. The molecule has 4 rings (SSSR count). The fraction of sp³-hybridized carbons (Fsp3) is 0.222. The van der Waals surface area contributed by atoms with Crippen molar-refractivity contribution in [2.75, 3.05) is 7.05 Å². The van der Waals surface area contributed by atoms with Crippen LogP contribution in [0.4, 0.5) is 0 Å². The maximum Gasteiger partial charge on any atom is 0.269 e. The average Bonchev–Trinajstić information content (AvgIpc) is 3.00. The zero-order chi connectivity index (χ0) is 17.1. The zero-order valence-corrected chi connectivity index (χ0v) is 15.8. The SMILES string of the molecule is CNC(C)Cc1c2n(c3ccc(Br)cc13)S(=O)(=O)c1ccccc1-2. The van der Waals surface area contributed by atoms with Crippen LogP contribution in [0.2, 0.25) is 0 Å². The van der Waals surface area contributed by atoms with E-state index in [0.29, 0.717) is 4.90 Å². The van der Waals surface area contributed by atoms with Gasteiger partial charge in [0.25, 0.3) is 10.0 Å². The summed E-state index contributed by atoms with van der Waals surface area (Å²) in [4.78, 5) is 0.392. The molecular formula is C18H17BrN2O2S. The van der Waals surface area contributed by atoms with Gasteiger partial charge in [-0.2, -0.15) is 0 Å². The number of nitrogens with zero attached hydrogens (tertiary/aromatic N) is 1. The number of hydrogen-bond acceptors (Lipinski definition) is 3. The van der Waals surface area contributed by atoms with Gasteiger partial charge in [-0.1, -0.05) is 34.1 Å². The first-order chi connectivity index (χ1) is 11.4. The highest BCUT2D eigenvalue weighted by Gasteiger charge is 2.36. The van der Waals surface area contributed by atoms with Crippen LogP contribution < -0.4 is 5.32 Å². The van der Waals surface area contributed by atoms with Gasteiger partial charge >= 0.3 is 0 Å². The molecule has 2 heterocycles. The standard InChI is InChI=1S/C18H17BrN2O2S/c1-11(20-2)9-15-14-10-12(19)7-8-16(14)21-18(15)13-5-3-4-6-17(13)24(21,22)23/h3-8,10-11,20H,9H2,1-2H3. The molecule has 1 aliphatic heterocycles. The van der Waals surface area contributed by atoms with Crippen molar-refractivity contribution >= 4 is 36.9 Å². The van der Waals surface area contributed by atoms with Crippen molar-refractivity contribution in [2.24, 2.45) is 0 Å². The van der Waals surface area contributed by atoms with Gasteiger partial charge in [-0.05, 0) is 50.2 Å². The van der Waals surface area contributed by atoms with E-state index in [1.807, 2.05) is 37.4 Å². The second-order valence-electron chi connectivity index (χ2n) is 6.15. The number of hydrogen-bond donors (Lipinski definition) is 1. The summed E-state index contributed by atoms with van der Waals surface area (Å²) in [5.41, 5.74) is 3.41. The summed E-state index contributed by atoms with van der Waals surface area (Å²) in [5.74, 6) is 0. The molecule has 0 saturated carbocycles. The Morgan fingerprint density at radius 1 is 1.21 bits per heavy atom. The number of fused-ring (bicyclic) bond motifs is 5. The van der Waals surface area contributed by atoms with Crippen molar-refractivity contribution in [2.45, 2.75) is 24.3 Å². The van der Waals surface area contributed by atoms with Gasteiger partial charge in [0.1, 0.15) is 0 Å². The molecule has 2 aromatic carbocycles. The van der Waals surface area contributed by atoms with Gasteiger partial charge in [0, 0.05) is 21.5 Å². The first-order valence-corrected chi connectivity index (χ1v) is 10.0. The highest BCUT2D eigenvalue weighted by Crippen LogP contribution is 2.45. The smallest absolute Gasteiger partial charge is 0.269 e. The molecule has 1 unspecified atom stereocenters. The number of aromatic nitrogens is 1. The summed E-state index contributed by atoms with van der Waals surface area (Å²) in [5, 5.41) is 4.23. The molecule has 0 fully saturated rings. The van der Waals surface area contributed by atoms with E-state index in [0.717, 1.165) is 38.6 Å². The van der Waals surface area contributed by atoms with Gasteiger partial charge in [0.2, 0.25) is 0 Å². The third-order valence-corrected chi connectivity index (χ3v) is 6.92. The Kier molecular flexibility index (Phi) is 3.60. The highest BCUT2D eigenvalue weighted by molar-refractivity contribution is 9.10. The van der Waals surface area contributed by atoms with Gasteiger partial charge in [-0.15, -0.1) is 0 Å². The fourth-order valence-corrected chi connectivity index (χ4v) is 5.54. The Morgan fingerprint density at radius 3 is 2.71 bits per heavy atom. The average molecular weight is 405 g/mol. The molecule has 4 nitrogen and oxygen atoms in total. The Bertz CT molecular complexity index is 1070. The van der Waals surface area contributed by atoms with Crippen molar-refractivity contribution in [3.05, 3.63) is 52.5 Å². The van der Waals surface area contributed by atoms with Crippen LogP contribution >= 0.6 is 15.9 Å². The molecule has 124 valence electrons. The predicted molar refractivity (Wildman–Crippen MR) is 99.9 cm³/mol. The Balaban J connectivity index is 2.15. The van der Waals surface area contributed by atoms with Gasteiger partial charge in [0.05, 0.1) is 16.1 Å². The summed E-state index contributed by atoms with van der Waals surface area (Å²) in [6.45, 7) is 2.10.